The van der Waals surface area contributed by atoms with E-state index in [-0.39, 0.29) is 5.82 Å². The molecule has 100 valence electrons. The van der Waals surface area contributed by atoms with Crippen molar-refractivity contribution in [3.05, 3.63) is 42.0 Å². The molecule has 1 aromatic heterocycles. The SMILES string of the molecule is CCCNc1ncnc(Oc2ccc(F)cc2)c1C. The highest BCUT2D eigenvalue weighted by molar-refractivity contribution is 5.48. The minimum absolute atomic E-state index is 0.294. The molecule has 19 heavy (non-hydrogen) atoms. The average molecular weight is 261 g/mol. The minimum atomic E-state index is -0.294. The Bertz CT molecular complexity index is 543. The van der Waals surface area contributed by atoms with E-state index in [1.807, 2.05) is 6.92 Å². The second kappa shape index (κ2) is 6.13. The van der Waals surface area contributed by atoms with Gasteiger partial charge in [-0.15, -0.1) is 0 Å². The van der Waals surface area contributed by atoms with Crippen molar-refractivity contribution in [1.29, 1.82) is 0 Å². The molecule has 0 aliphatic rings. The minimum Gasteiger partial charge on any atom is -0.439 e. The second-order valence-electron chi connectivity index (χ2n) is 4.14. The molecule has 0 unspecified atom stereocenters. The number of hydrogen-bond donors (Lipinski definition) is 1. The molecule has 5 heteroatoms. The number of nitrogens with one attached hydrogen (secondary N) is 1. The normalized spacial score (nSPS) is 10.3. The Hall–Kier alpha value is -2.17. The molecule has 0 fully saturated rings. The van der Waals surface area contributed by atoms with Gasteiger partial charge in [-0.3, -0.25) is 0 Å². The Morgan fingerprint density at radius 1 is 1.21 bits per heavy atom. The quantitative estimate of drug-likeness (QED) is 0.894. The maximum atomic E-state index is 12.8. The number of ether oxygens (including phenoxy) is 1. The fourth-order valence-corrected chi connectivity index (χ4v) is 1.57. The van der Waals surface area contributed by atoms with E-state index in [1.165, 1.54) is 18.5 Å². The molecule has 0 amide bonds. The van der Waals surface area contributed by atoms with Crippen LogP contribution in [0.3, 0.4) is 0 Å². The van der Waals surface area contributed by atoms with Gasteiger partial charge in [0, 0.05) is 6.54 Å². The third-order valence-corrected chi connectivity index (χ3v) is 2.61. The fourth-order valence-electron chi connectivity index (χ4n) is 1.57. The van der Waals surface area contributed by atoms with Gasteiger partial charge in [-0.25, -0.2) is 14.4 Å². The van der Waals surface area contributed by atoms with E-state index in [4.69, 9.17) is 4.74 Å². The third-order valence-electron chi connectivity index (χ3n) is 2.61. The van der Waals surface area contributed by atoms with Gasteiger partial charge in [0.05, 0.1) is 5.56 Å². The maximum absolute atomic E-state index is 12.8. The van der Waals surface area contributed by atoms with Crippen molar-refractivity contribution < 1.29 is 9.13 Å². The summed E-state index contributed by atoms with van der Waals surface area (Å²) in [5.74, 6) is 1.48. The lowest BCUT2D eigenvalue weighted by Gasteiger charge is -2.11. The van der Waals surface area contributed by atoms with Gasteiger partial charge >= 0.3 is 0 Å². The Kier molecular flexibility index (Phi) is 4.28. The van der Waals surface area contributed by atoms with Crippen LogP contribution in [0.4, 0.5) is 10.2 Å². The van der Waals surface area contributed by atoms with Crippen molar-refractivity contribution in [3.8, 4) is 11.6 Å². The molecule has 0 bridgehead atoms. The molecule has 2 rings (SSSR count). The first-order chi connectivity index (χ1) is 9.20. The Labute approximate surface area is 111 Å². The van der Waals surface area contributed by atoms with E-state index >= 15 is 0 Å². The highest BCUT2D eigenvalue weighted by Gasteiger charge is 2.08. The van der Waals surface area contributed by atoms with Crippen molar-refractivity contribution in [1.82, 2.24) is 9.97 Å². The summed E-state index contributed by atoms with van der Waals surface area (Å²) in [6, 6.07) is 5.83. The molecular weight excluding hydrogens is 245 g/mol. The molecule has 0 aliphatic carbocycles. The zero-order valence-electron chi connectivity index (χ0n) is 11.0. The molecule has 0 atom stereocenters. The number of halogens is 1. The molecule has 1 heterocycles. The number of hydrogen-bond acceptors (Lipinski definition) is 4. The first-order valence-corrected chi connectivity index (χ1v) is 6.19. The van der Waals surface area contributed by atoms with Gasteiger partial charge in [0.2, 0.25) is 5.88 Å². The van der Waals surface area contributed by atoms with Crippen molar-refractivity contribution >= 4 is 5.82 Å². The third kappa shape index (κ3) is 3.40. The second-order valence-corrected chi connectivity index (χ2v) is 4.14. The summed E-state index contributed by atoms with van der Waals surface area (Å²) >= 11 is 0. The van der Waals surface area contributed by atoms with Gasteiger partial charge < -0.3 is 10.1 Å². The summed E-state index contributed by atoms with van der Waals surface area (Å²) in [6.45, 7) is 4.81. The summed E-state index contributed by atoms with van der Waals surface area (Å²) in [7, 11) is 0. The lowest BCUT2D eigenvalue weighted by atomic mass is 10.3. The van der Waals surface area contributed by atoms with Crippen molar-refractivity contribution in [3.63, 3.8) is 0 Å². The molecule has 0 saturated carbocycles. The Balaban J connectivity index is 2.18. The molecule has 4 nitrogen and oxygen atoms in total. The summed E-state index contributed by atoms with van der Waals surface area (Å²) in [4.78, 5) is 8.27. The number of aromatic nitrogens is 2. The summed E-state index contributed by atoms with van der Waals surface area (Å²) in [5, 5.41) is 3.21. The summed E-state index contributed by atoms with van der Waals surface area (Å²) in [6.07, 6.45) is 2.46. The largest absolute Gasteiger partial charge is 0.439 e. The van der Waals surface area contributed by atoms with Crippen molar-refractivity contribution in [2.75, 3.05) is 11.9 Å². The average Bonchev–Trinajstić information content (AvgIpc) is 2.42. The van der Waals surface area contributed by atoms with E-state index in [0.29, 0.717) is 11.6 Å². The van der Waals surface area contributed by atoms with Gasteiger partial charge in [-0.2, -0.15) is 0 Å². The number of rotatable bonds is 5. The van der Waals surface area contributed by atoms with Gasteiger partial charge in [-0.1, -0.05) is 6.92 Å². The lowest BCUT2D eigenvalue weighted by molar-refractivity contribution is 0.456. The molecule has 1 N–H and O–H groups in total. The molecule has 0 aliphatic heterocycles. The van der Waals surface area contributed by atoms with Gasteiger partial charge in [0.1, 0.15) is 23.7 Å². The van der Waals surface area contributed by atoms with E-state index < -0.39 is 0 Å². The van der Waals surface area contributed by atoms with E-state index in [2.05, 4.69) is 22.2 Å². The Morgan fingerprint density at radius 3 is 2.63 bits per heavy atom. The van der Waals surface area contributed by atoms with E-state index in [9.17, 15) is 4.39 Å². The summed E-state index contributed by atoms with van der Waals surface area (Å²) in [5.41, 5.74) is 0.834. The molecule has 2 aromatic rings. The van der Waals surface area contributed by atoms with E-state index in [1.54, 1.807) is 12.1 Å². The highest BCUT2D eigenvalue weighted by atomic mass is 19.1. The predicted molar refractivity (Wildman–Crippen MR) is 72.0 cm³/mol. The molecule has 0 saturated heterocycles. The molecular formula is C14H16FN3O. The Morgan fingerprint density at radius 2 is 1.95 bits per heavy atom. The monoisotopic (exact) mass is 261 g/mol. The van der Waals surface area contributed by atoms with Crippen LogP contribution in [-0.4, -0.2) is 16.5 Å². The summed E-state index contributed by atoms with van der Waals surface area (Å²) < 4.78 is 18.4. The van der Waals surface area contributed by atoms with Crippen LogP contribution >= 0.6 is 0 Å². The van der Waals surface area contributed by atoms with Gasteiger partial charge in [0.15, 0.2) is 0 Å². The van der Waals surface area contributed by atoms with Crippen molar-refractivity contribution in [2.24, 2.45) is 0 Å². The van der Waals surface area contributed by atoms with Crippen LogP contribution in [0.25, 0.3) is 0 Å². The molecule has 0 spiro atoms. The van der Waals surface area contributed by atoms with Crippen LogP contribution in [-0.2, 0) is 0 Å². The standard InChI is InChI=1S/C14H16FN3O/c1-3-8-16-13-10(2)14(18-9-17-13)19-12-6-4-11(15)5-7-12/h4-7,9H,3,8H2,1-2H3,(H,16,17,18). The molecule has 0 radical (unpaired) electrons. The van der Waals surface area contributed by atoms with Gasteiger partial charge in [-0.05, 0) is 37.6 Å². The maximum Gasteiger partial charge on any atom is 0.227 e. The van der Waals surface area contributed by atoms with Crippen LogP contribution in [0.1, 0.15) is 18.9 Å². The van der Waals surface area contributed by atoms with Crippen LogP contribution in [0.15, 0.2) is 30.6 Å². The first-order valence-electron chi connectivity index (χ1n) is 6.19. The zero-order valence-corrected chi connectivity index (χ0v) is 11.0. The van der Waals surface area contributed by atoms with Gasteiger partial charge in [0.25, 0.3) is 0 Å². The topological polar surface area (TPSA) is 47.0 Å². The van der Waals surface area contributed by atoms with Crippen LogP contribution in [0, 0.1) is 12.7 Å². The highest BCUT2D eigenvalue weighted by Crippen LogP contribution is 2.25. The predicted octanol–water partition coefficient (Wildman–Crippen LogP) is 3.54. The lowest BCUT2D eigenvalue weighted by Crippen LogP contribution is -2.05. The van der Waals surface area contributed by atoms with Crippen LogP contribution < -0.4 is 10.1 Å². The van der Waals surface area contributed by atoms with E-state index in [0.717, 1.165) is 24.3 Å². The first kappa shape index (κ1) is 13.3. The fraction of sp³-hybridized carbons (Fsp3) is 0.286. The smallest absolute Gasteiger partial charge is 0.227 e. The zero-order chi connectivity index (χ0) is 13.7. The molecule has 1 aromatic carbocycles. The van der Waals surface area contributed by atoms with Crippen LogP contribution in [0.2, 0.25) is 0 Å². The number of nitrogens with zero attached hydrogens (tertiary/aromatic N) is 2. The van der Waals surface area contributed by atoms with Crippen LogP contribution in [0.5, 0.6) is 11.6 Å². The number of benzene rings is 1. The van der Waals surface area contributed by atoms with Crippen molar-refractivity contribution in [2.45, 2.75) is 20.3 Å². The number of anilines is 1.